The first-order valence-corrected chi connectivity index (χ1v) is 7.99. The number of H-pyrrole nitrogens is 1. The molecular formula is C17H24N4O. The van der Waals surface area contributed by atoms with E-state index in [1.807, 2.05) is 24.3 Å². The van der Waals surface area contributed by atoms with E-state index in [1.165, 1.54) is 0 Å². The molecule has 0 spiro atoms. The molecule has 0 aliphatic carbocycles. The Bertz CT molecular complexity index is 674. The van der Waals surface area contributed by atoms with E-state index in [0.29, 0.717) is 0 Å². The van der Waals surface area contributed by atoms with Crippen LogP contribution in [-0.2, 0) is 0 Å². The number of nitrogens with one attached hydrogen (secondary N) is 2. The van der Waals surface area contributed by atoms with E-state index in [9.17, 15) is 4.79 Å². The lowest BCUT2D eigenvalue weighted by molar-refractivity contribution is 0.154. The maximum Gasteiger partial charge on any atom is 0.250 e. The van der Waals surface area contributed by atoms with Gasteiger partial charge in [-0.25, -0.2) is 0 Å². The Morgan fingerprint density at radius 3 is 2.77 bits per heavy atom. The molecule has 2 aromatic rings. The van der Waals surface area contributed by atoms with Crippen LogP contribution in [0.5, 0.6) is 0 Å². The number of likely N-dealkylation sites (N-methyl/N-ethyl adjacent to an activating group) is 1. The lowest BCUT2D eigenvalue weighted by Crippen LogP contribution is -2.44. The zero-order valence-electron chi connectivity index (χ0n) is 13.1. The number of hydrogen-bond donors (Lipinski definition) is 2. The highest BCUT2D eigenvalue weighted by Gasteiger charge is 2.12. The van der Waals surface area contributed by atoms with Gasteiger partial charge >= 0.3 is 0 Å². The summed E-state index contributed by atoms with van der Waals surface area (Å²) in [5, 5.41) is 4.49. The Morgan fingerprint density at radius 2 is 1.95 bits per heavy atom. The van der Waals surface area contributed by atoms with Gasteiger partial charge in [0.1, 0.15) is 0 Å². The molecule has 2 N–H and O–H groups in total. The predicted octanol–water partition coefficient (Wildman–Crippen LogP) is 1.58. The number of benzene rings is 1. The largest absolute Gasteiger partial charge is 0.384 e. The van der Waals surface area contributed by atoms with Crippen LogP contribution in [0.1, 0.15) is 6.42 Å². The van der Waals surface area contributed by atoms with Crippen molar-refractivity contribution in [1.29, 1.82) is 0 Å². The van der Waals surface area contributed by atoms with Gasteiger partial charge < -0.3 is 20.1 Å². The van der Waals surface area contributed by atoms with E-state index in [2.05, 4.69) is 27.1 Å². The van der Waals surface area contributed by atoms with Crippen molar-refractivity contribution in [1.82, 2.24) is 14.8 Å². The average molecular weight is 300 g/mol. The molecule has 22 heavy (non-hydrogen) atoms. The summed E-state index contributed by atoms with van der Waals surface area (Å²) < 4.78 is 0. The quantitative estimate of drug-likeness (QED) is 0.823. The minimum absolute atomic E-state index is 0.0553. The Balaban J connectivity index is 1.55. The number of fused-ring (bicyclic) bond motifs is 1. The van der Waals surface area contributed by atoms with Crippen molar-refractivity contribution in [3.63, 3.8) is 0 Å². The third kappa shape index (κ3) is 3.67. The molecule has 1 fully saturated rings. The Kier molecular flexibility index (Phi) is 4.75. The summed E-state index contributed by atoms with van der Waals surface area (Å²) >= 11 is 0. The molecule has 5 heteroatoms. The van der Waals surface area contributed by atoms with Gasteiger partial charge in [-0.2, -0.15) is 0 Å². The number of rotatable bonds is 5. The first kappa shape index (κ1) is 15.1. The smallest absolute Gasteiger partial charge is 0.250 e. The number of hydrogen-bond acceptors (Lipinski definition) is 4. The lowest BCUT2D eigenvalue weighted by Gasteiger charge is -2.32. The Hall–Kier alpha value is -1.85. The van der Waals surface area contributed by atoms with Gasteiger partial charge in [-0.3, -0.25) is 4.79 Å². The Labute approximate surface area is 130 Å². The first-order valence-electron chi connectivity index (χ1n) is 7.99. The van der Waals surface area contributed by atoms with Gasteiger partial charge in [-0.15, -0.1) is 0 Å². The second-order valence-corrected chi connectivity index (χ2v) is 6.02. The Morgan fingerprint density at radius 1 is 1.18 bits per heavy atom. The number of aromatic nitrogens is 1. The van der Waals surface area contributed by atoms with Crippen LogP contribution in [0.4, 0.5) is 5.69 Å². The predicted molar refractivity (Wildman–Crippen MR) is 91.6 cm³/mol. The molecule has 1 aliphatic rings. The highest BCUT2D eigenvalue weighted by atomic mass is 16.1. The fourth-order valence-electron chi connectivity index (χ4n) is 2.95. The van der Waals surface area contributed by atoms with Crippen molar-refractivity contribution in [2.75, 3.05) is 51.6 Å². The molecule has 0 atom stereocenters. The fourth-order valence-corrected chi connectivity index (χ4v) is 2.95. The number of nitrogens with zero attached hydrogens (tertiary/aromatic N) is 2. The third-order valence-corrected chi connectivity index (χ3v) is 4.31. The molecule has 1 saturated heterocycles. The van der Waals surface area contributed by atoms with Crippen LogP contribution in [0.15, 0.2) is 35.1 Å². The lowest BCUT2D eigenvalue weighted by atomic mass is 10.2. The maximum absolute atomic E-state index is 11.7. The van der Waals surface area contributed by atoms with Crippen molar-refractivity contribution >= 4 is 16.6 Å². The summed E-state index contributed by atoms with van der Waals surface area (Å²) in [4.78, 5) is 19.5. The van der Waals surface area contributed by atoms with Gasteiger partial charge in [-0.05, 0) is 26.1 Å². The first-order chi connectivity index (χ1) is 10.7. The van der Waals surface area contributed by atoms with Crippen LogP contribution in [0.25, 0.3) is 10.9 Å². The molecule has 1 aromatic carbocycles. The third-order valence-electron chi connectivity index (χ3n) is 4.31. The molecular weight excluding hydrogens is 276 g/mol. The zero-order chi connectivity index (χ0) is 15.4. The standard InChI is InChI=1S/C17H24N4O/c1-20-9-11-21(12-10-20)8-4-7-18-16-13-17(22)19-15-6-3-2-5-14(15)16/h2-3,5-6,13H,4,7-12H2,1H3,(H2,18,19,22). The van der Waals surface area contributed by atoms with E-state index in [-0.39, 0.29) is 5.56 Å². The van der Waals surface area contributed by atoms with Gasteiger partial charge in [0.25, 0.3) is 0 Å². The molecule has 0 bridgehead atoms. The zero-order valence-corrected chi connectivity index (χ0v) is 13.1. The van der Waals surface area contributed by atoms with Crippen LogP contribution in [-0.4, -0.2) is 61.1 Å². The SMILES string of the molecule is CN1CCN(CCCNc2cc(=O)[nH]c3ccccc23)CC1. The van der Waals surface area contributed by atoms with Gasteiger partial charge in [0.05, 0.1) is 5.52 Å². The molecule has 0 radical (unpaired) electrons. The molecule has 0 unspecified atom stereocenters. The van der Waals surface area contributed by atoms with Crippen molar-refractivity contribution in [2.45, 2.75) is 6.42 Å². The van der Waals surface area contributed by atoms with Crippen molar-refractivity contribution in [2.24, 2.45) is 0 Å². The van der Waals surface area contributed by atoms with Gasteiger partial charge in [0.2, 0.25) is 5.56 Å². The average Bonchev–Trinajstić information content (AvgIpc) is 2.53. The summed E-state index contributed by atoms with van der Waals surface area (Å²) in [5.41, 5.74) is 1.76. The van der Waals surface area contributed by atoms with Crippen molar-refractivity contribution in [3.05, 3.63) is 40.7 Å². The van der Waals surface area contributed by atoms with Crippen LogP contribution < -0.4 is 10.9 Å². The summed E-state index contributed by atoms with van der Waals surface area (Å²) in [6.45, 7) is 6.63. The van der Waals surface area contributed by atoms with E-state index < -0.39 is 0 Å². The molecule has 3 rings (SSSR count). The summed E-state index contributed by atoms with van der Waals surface area (Å²) in [7, 11) is 2.18. The minimum Gasteiger partial charge on any atom is -0.384 e. The molecule has 118 valence electrons. The van der Waals surface area contributed by atoms with Gasteiger partial charge in [0.15, 0.2) is 0 Å². The van der Waals surface area contributed by atoms with Crippen LogP contribution in [0, 0.1) is 0 Å². The van der Waals surface area contributed by atoms with E-state index in [1.54, 1.807) is 6.07 Å². The number of aromatic amines is 1. The monoisotopic (exact) mass is 300 g/mol. The maximum atomic E-state index is 11.7. The van der Waals surface area contributed by atoms with Gasteiger partial charge in [0, 0.05) is 49.9 Å². The molecule has 1 aliphatic heterocycles. The number of anilines is 1. The normalized spacial score (nSPS) is 17.0. The molecule has 5 nitrogen and oxygen atoms in total. The molecule has 1 aromatic heterocycles. The summed E-state index contributed by atoms with van der Waals surface area (Å²) in [6, 6.07) is 9.56. The summed E-state index contributed by atoms with van der Waals surface area (Å²) in [5.74, 6) is 0. The fraction of sp³-hybridized carbons (Fsp3) is 0.471. The van der Waals surface area contributed by atoms with Crippen LogP contribution >= 0.6 is 0 Å². The second kappa shape index (κ2) is 6.94. The molecule has 2 heterocycles. The summed E-state index contributed by atoms with van der Waals surface area (Å²) in [6.07, 6.45) is 1.09. The highest BCUT2D eigenvalue weighted by molar-refractivity contribution is 5.90. The van der Waals surface area contributed by atoms with Crippen molar-refractivity contribution in [3.8, 4) is 0 Å². The molecule has 0 amide bonds. The van der Waals surface area contributed by atoms with Crippen LogP contribution in [0.2, 0.25) is 0 Å². The van der Waals surface area contributed by atoms with Gasteiger partial charge in [-0.1, -0.05) is 18.2 Å². The van der Waals surface area contributed by atoms with Crippen molar-refractivity contribution < 1.29 is 0 Å². The molecule has 0 saturated carbocycles. The second-order valence-electron chi connectivity index (χ2n) is 6.02. The number of para-hydroxylation sites is 1. The highest BCUT2D eigenvalue weighted by Crippen LogP contribution is 2.19. The number of piperazine rings is 1. The van der Waals surface area contributed by atoms with E-state index in [4.69, 9.17) is 0 Å². The topological polar surface area (TPSA) is 51.4 Å². The minimum atomic E-state index is -0.0553. The van der Waals surface area contributed by atoms with E-state index in [0.717, 1.165) is 62.3 Å². The van der Waals surface area contributed by atoms with Crippen LogP contribution in [0.3, 0.4) is 0 Å². The van der Waals surface area contributed by atoms with E-state index >= 15 is 0 Å². The number of pyridine rings is 1.